The molecular weight excluding hydrogens is 345 g/mol. The number of methoxy groups -OCH3 is 1. The largest absolute Gasteiger partial charge is 0.468 e. The van der Waals surface area contributed by atoms with E-state index in [2.05, 4.69) is 9.73 Å². The van der Waals surface area contributed by atoms with Crippen LogP contribution in [0.1, 0.15) is 29.3 Å². The van der Waals surface area contributed by atoms with Crippen LogP contribution in [-0.2, 0) is 9.53 Å². The number of nitro groups is 1. The Hall–Kier alpha value is -2.78. The number of benzene rings is 1. The summed E-state index contributed by atoms with van der Waals surface area (Å²) in [5.41, 5.74) is -3.93. The van der Waals surface area contributed by atoms with E-state index < -0.39 is 56.9 Å². The Labute approximate surface area is 140 Å². The summed E-state index contributed by atoms with van der Waals surface area (Å²) in [6.45, 7) is 2.80. The summed E-state index contributed by atoms with van der Waals surface area (Å²) in [4.78, 5) is 37.6. The molecule has 0 saturated carbocycles. The standard InChI is InChI=1S/C15H15F3N2O5/c1-4-5-19-6-8(15(22)25-3)14(21)9-10(16)7(2)11(17)12(18)13(9)20(23)24/h6,8H,4-5H2,1-3H3. The molecule has 1 aromatic carbocycles. The van der Waals surface area contributed by atoms with Gasteiger partial charge in [0, 0.05) is 18.3 Å². The minimum Gasteiger partial charge on any atom is -0.468 e. The monoisotopic (exact) mass is 360 g/mol. The van der Waals surface area contributed by atoms with Gasteiger partial charge in [-0.1, -0.05) is 6.92 Å². The Bertz CT molecular complexity index is 749. The summed E-state index contributed by atoms with van der Waals surface area (Å²) in [5.74, 6) is -9.82. The Morgan fingerprint density at radius 3 is 2.36 bits per heavy atom. The maximum atomic E-state index is 14.3. The molecule has 10 heteroatoms. The molecule has 7 nitrogen and oxygen atoms in total. The normalized spacial score (nSPS) is 12.2. The molecule has 0 heterocycles. The highest BCUT2D eigenvalue weighted by Crippen LogP contribution is 2.32. The van der Waals surface area contributed by atoms with E-state index in [1.54, 1.807) is 6.92 Å². The Kier molecular flexibility index (Phi) is 6.77. The van der Waals surface area contributed by atoms with Crippen LogP contribution in [0.3, 0.4) is 0 Å². The molecule has 0 aromatic heterocycles. The number of hydrogen-bond donors (Lipinski definition) is 0. The molecule has 0 amide bonds. The van der Waals surface area contributed by atoms with Gasteiger partial charge >= 0.3 is 11.7 Å². The maximum Gasteiger partial charge on any atom is 0.322 e. The molecule has 0 aliphatic heterocycles. The topological polar surface area (TPSA) is 98.9 Å². The van der Waals surface area contributed by atoms with Crippen molar-refractivity contribution in [1.29, 1.82) is 0 Å². The van der Waals surface area contributed by atoms with Gasteiger partial charge in [-0.2, -0.15) is 4.39 Å². The molecule has 0 saturated heterocycles. The number of rotatable bonds is 7. The SMILES string of the molecule is CCCN=CC(C(=O)OC)C(=O)c1c(F)c(C)c(F)c(F)c1[N+](=O)[O-]. The summed E-state index contributed by atoms with van der Waals surface area (Å²) >= 11 is 0. The summed E-state index contributed by atoms with van der Waals surface area (Å²) < 4.78 is 46.2. The van der Waals surface area contributed by atoms with Gasteiger partial charge in [-0.05, 0) is 13.3 Å². The Morgan fingerprint density at radius 1 is 1.28 bits per heavy atom. The zero-order valence-electron chi connectivity index (χ0n) is 13.6. The second-order valence-corrected chi connectivity index (χ2v) is 4.97. The van der Waals surface area contributed by atoms with E-state index in [4.69, 9.17) is 0 Å². The summed E-state index contributed by atoms with van der Waals surface area (Å²) in [6, 6.07) is 0. The summed E-state index contributed by atoms with van der Waals surface area (Å²) in [6.07, 6.45) is 1.41. The van der Waals surface area contributed by atoms with E-state index >= 15 is 0 Å². The first-order chi connectivity index (χ1) is 11.7. The van der Waals surface area contributed by atoms with E-state index in [1.165, 1.54) is 0 Å². The maximum absolute atomic E-state index is 14.3. The number of carbonyl (C=O) groups excluding carboxylic acids is 2. The fraction of sp³-hybridized carbons (Fsp3) is 0.400. The molecule has 136 valence electrons. The molecular formula is C15H15F3N2O5. The van der Waals surface area contributed by atoms with Gasteiger partial charge < -0.3 is 4.74 Å². The molecule has 1 atom stereocenters. The van der Waals surface area contributed by atoms with Crippen LogP contribution in [-0.4, -0.2) is 36.5 Å². The van der Waals surface area contributed by atoms with Gasteiger partial charge in [0.2, 0.25) is 5.82 Å². The van der Waals surface area contributed by atoms with Gasteiger partial charge in [-0.3, -0.25) is 24.7 Å². The average Bonchev–Trinajstić information content (AvgIpc) is 2.58. The number of halogens is 3. The smallest absolute Gasteiger partial charge is 0.322 e. The lowest BCUT2D eigenvalue weighted by molar-refractivity contribution is -0.388. The quantitative estimate of drug-likeness (QED) is 0.142. The molecule has 1 rings (SSSR count). The van der Waals surface area contributed by atoms with E-state index in [9.17, 15) is 32.9 Å². The fourth-order valence-corrected chi connectivity index (χ4v) is 1.99. The van der Waals surface area contributed by atoms with Crippen LogP contribution in [0.15, 0.2) is 4.99 Å². The van der Waals surface area contributed by atoms with Crippen LogP contribution in [0.25, 0.3) is 0 Å². The first-order valence-electron chi connectivity index (χ1n) is 7.12. The number of ether oxygens (including phenoxy) is 1. The number of nitrogens with zero attached hydrogens (tertiary/aromatic N) is 2. The van der Waals surface area contributed by atoms with Gasteiger partial charge in [-0.25, -0.2) is 8.78 Å². The van der Waals surface area contributed by atoms with E-state index in [1.807, 2.05) is 0 Å². The van der Waals surface area contributed by atoms with E-state index in [0.717, 1.165) is 20.2 Å². The van der Waals surface area contributed by atoms with Crippen LogP contribution in [0, 0.1) is 40.4 Å². The third-order valence-corrected chi connectivity index (χ3v) is 3.29. The third kappa shape index (κ3) is 4.01. The van der Waals surface area contributed by atoms with Crippen molar-refractivity contribution in [3.63, 3.8) is 0 Å². The Morgan fingerprint density at radius 2 is 1.88 bits per heavy atom. The van der Waals surface area contributed by atoms with Gasteiger partial charge in [0.05, 0.1) is 12.0 Å². The van der Waals surface area contributed by atoms with Crippen molar-refractivity contribution < 1.29 is 32.4 Å². The van der Waals surface area contributed by atoms with Crippen molar-refractivity contribution in [1.82, 2.24) is 0 Å². The first-order valence-corrected chi connectivity index (χ1v) is 7.12. The van der Waals surface area contributed by atoms with Crippen LogP contribution in [0.4, 0.5) is 18.9 Å². The van der Waals surface area contributed by atoms with Gasteiger partial charge in [0.15, 0.2) is 17.5 Å². The van der Waals surface area contributed by atoms with Crippen LogP contribution >= 0.6 is 0 Å². The lowest BCUT2D eigenvalue weighted by Gasteiger charge is -2.12. The number of nitro benzene ring substituents is 1. The second-order valence-electron chi connectivity index (χ2n) is 4.97. The third-order valence-electron chi connectivity index (χ3n) is 3.29. The molecule has 0 radical (unpaired) electrons. The number of Topliss-reactive ketones (excluding diaryl/α,β-unsaturated/α-hetero) is 1. The summed E-state index contributed by atoms with van der Waals surface area (Å²) in [7, 11) is 0.942. The van der Waals surface area contributed by atoms with Crippen molar-refractivity contribution in [2.45, 2.75) is 20.3 Å². The second kappa shape index (κ2) is 8.36. The van der Waals surface area contributed by atoms with Crippen LogP contribution in [0.5, 0.6) is 0 Å². The molecule has 0 spiro atoms. The molecule has 0 aliphatic carbocycles. The minimum atomic E-state index is -1.98. The highest BCUT2D eigenvalue weighted by molar-refractivity contribution is 6.20. The lowest BCUT2D eigenvalue weighted by Crippen LogP contribution is -2.29. The molecule has 0 N–H and O–H groups in total. The van der Waals surface area contributed by atoms with Gasteiger partial charge in [0.1, 0.15) is 11.4 Å². The average molecular weight is 360 g/mol. The lowest BCUT2D eigenvalue weighted by atomic mass is 9.94. The number of carbonyl (C=O) groups is 2. The van der Waals surface area contributed by atoms with E-state index in [-0.39, 0.29) is 6.54 Å². The van der Waals surface area contributed by atoms with Crippen molar-refractivity contribution >= 4 is 23.7 Å². The predicted octanol–water partition coefficient (Wildman–Crippen LogP) is 2.77. The molecule has 0 bridgehead atoms. The molecule has 1 unspecified atom stereocenters. The van der Waals surface area contributed by atoms with Gasteiger partial charge in [-0.15, -0.1) is 0 Å². The number of ketones is 1. The van der Waals surface area contributed by atoms with Crippen LogP contribution < -0.4 is 0 Å². The van der Waals surface area contributed by atoms with Crippen molar-refractivity contribution in [2.24, 2.45) is 10.9 Å². The molecule has 1 aromatic rings. The van der Waals surface area contributed by atoms with Gasteiger partial charge in [0.25, 0.3) is 0 Å². The highest BCUT2D eigenvalue weighted by atomic mass is 19.2. The van der Waals surface area contributed by atoms with Crippen molar-refractivity contribution in [3.8, 4) is 0 Å². The first kappa shape index (κ1) is 20.3. The molecule has 0 aliphatic rings. The zero-order valence-corrected chi connectivity index (χ0v) is 13.6. The molecule has 0 fully saturated rings. The van der Waals surface area contributed by atoms with E-state index in [0.29, 0.717) is 6.42 Å². The number of aliphatic imine (C=N–C) groups is 1. The van der Waals surface area contributed by atoms with Crippen molar-refractivity contribution in [3.05, 3.63) is 38.7 Å². The fourth-order valence-electron chi connectivity index (χ4n) is 1.99. The summed E-state index contributed by atoms with van der Waals surface area (Å²) in [5, 5.41) is 11.0. The zero-order chi connectivity index (χ0) is 19.3. The molecule has 25 heavy (non-hydrogen) atoms. The highest BCUT2D eigenvalue weighted by Gasteiger charge is 2.39. The minimum absolute atomic E-state index is 0.224. The predicted molar refractivity (Wildman–Crippen MR) is 81.2 cm³/mol. The van der Waals surface area contributed by atoms with Crippen molar-refractivity contribution in [2.75, 3.05) is 13.7 Å². The number of hydrogen-bond acceptors (Lipinski definition) is 6. The number of esters is 1. The Balaban J connectivity index is 3.63. The van der Waals surface area contributed by atoms with Crippen LogP contribution in [0.2, 0.25) is 0 Å².